The summed E-state index contributed by atoms with van der Waals surface area (Å²) in [5.74, 6) is 0. The summed E-state index contributed by atoms with van der Waals surface area (Å²) in [4.78, 5) is 13.7. The van der Waals surface area contributed by atoms with Gasteiger partial charge in [-0.1, -0.05) is 26.7 Å². The first-order valence-electron chi connectivity index (χ1n) is 6.22. The van der Waals surface area contributed by atoms with Crippen molar-refractivity contribution >= 4 is 6.03 Å². The predicted molar refractivity (Wildman–Crippen MR) is 62.9 cm³/mol. The lowest BCUT2D eigenvalue weighted by Gasteiger charge is -2.28. The van der Waals surface area contributed by atoms with E-state index in [1.165, 1.54) is 12.8 Å². The summed E-state index contributed by atoms with van der Waals surface area (Å²) in [6, 6.07) is 0.913. The lowest BCUT2D eigenvalue weighted by atomic mass is 10.1. The molecular weight excluding hydrogens is 188 g/mol. The van der Waals surface area contributed by atoms with E-state index in [1.807, 2.05) is 11.9 Å². The van der Waals surface area contributed by atoms with E-state index in [4.69, 9.17) is 0 Å². The van der Waals surface area contributed by atoms with E-state index in [0.29, 0.717) is 12.1 Å². The predicted octanol–water partition coefficient (Wildman–Crippen LogP) is 2.76. The molecule has 1 N–H and O–H groups in total. The minimum atomic E-state index is 0.107. The second-order valence-electron chi connectivity index (χ2n) is 4.51. The third kappa shape index (κ3) is 3.40. The highest BCUT2D eigenvalue weighted by molar-refractivity contribution is 5.74. The Bertz CT molecular complexity index is 196. The molecule has 1 fully saturated rings. The molecule has 0 aromatic heterocycles. The molecule has 0 spiro atoms. The summed E-state index contributed by atoms with van der Waals surface area (Å²) in [6.07, 6.45) is 6.90. The number of rotatable bonds is 4. The quantitative estimate of drug-likeness (QED) is 0.763. The molecule has 0 saturated heterocycles. The van der Waals surface area contributed by atoms with Gasteiger partial charge in [0, 0.05) is 19.1 Å². The number of hydrogen-bond acceptors (Lipinski definition) is 1. The zero-order valence-corrected chi connectivity index (χ0v) is 10.3. The summed E-state index contributed by atoms with van der Waals surface area (Å²) >= 11 is 0. The normalized spacial score (nSPS) is 17.1. The molecule has 1 rings (SSSR count). The number of amides is 2. The van der Waals surface area contributed by atoms with Crippen molar-refractivity contribution in [3.8, 4) is 0 Å². The number of nitrogens with one attached hydrogen (secondary N) is 1. The maximum Gasteiger partial charge on any atom is 0.317 e. The zero-order chi connectivity index (χ0) is 11.3. The smallest absolute Gasteiger partial charge is 0.317 e. The Balaban J connectivity index is 2.37. The van der Waals surface area contributed by atoms with E-state index in [2.05, 4.69) is 19.2 Å². The van der Waals surface area contributed by atoms with Crippen LogP contribution in [-0.4, -0.2) is 30.1 Å². The highest BCUT2D eigenvalue weighted by Gasteiger charge is 2.21. The molecule has 0 atom stereocenters. The van der Waals surface area contributed by atoms with Crippen molar-refractivity contribution in [3.05, 3.63) is 0 Å². The molecule has 1 saturated carbocycles. The number of urea groups is 1. The van der Waals surface area contributed by atoms with Crippen molar-refractivity contribution in [1.29, 1.82) is 0 Å². The molecule has 1 aliphatic rings. The Morgan fingerprint density at radius 2 is 1.87 bits per heavy atom. The second kappa shape index (κ2) is 5.99. The van der Waals surface area contributed by atoms with Crippen molar-refractivity contribution in [1.82, 2.24) is 10.2 Å². The fourth-order valence-electron chi connectivity index (χ4n) is 2.35. The molecule has 0 aromatic carbocycles. The van der Waals surface area contributed by atoms with Crippen molar-refractivity contribution < 1.29 is 4.79 Å². The van der Waals surface area contributed by atoms with Gasteiger partial charge in [0.2, 0.25) is 0 Å². The van der Waals surface area contributed by atoms with Crippen LogP contribution in [0.15, 0.2) is 0 Å². The molecule has 3 nitrogen and oxygen atoms in total. The van der Waals surface area contributed by atoms with Crippen LogP contribution in [0.5, 0.6) is 0 Å². The number of carbonyl (C=O) groups is 1. The van der Waals surface area contributed by atoms with Crippen LogP contribution in [0.1, 0.15) is 52.4 Å². The van der Waals surface area contributed by atoms with Crippen LogP contribution in [-0.2, 0) is 0 Å². The molecule has 88 valence electrons. The lowest BCUT2D eigenvalue weighted by molar-refractivity contribution is 0.183. The van der Waals surface area contributed by atoms with Gasteiger partial charge in [0.1, 0.15) is 0 Å². The lowest BCUT2D eigenvalue weighted by Crippen LogP contribution is -2.46. The van der Waals surface area contributed by atoms with Gasteiger partial charge in [0.15, 0.2) is 0 Å². The van der Waals surface area contributed by atoms with Gasteiger partial charge in [0.05, 0.1) is 0 Å². The minimum Gasteiger partial charge on any atom is -0.335 e. The average molecular weight is 212 g/mol. The van der Waals surface area contributed by atoms with Gasteiger partial charge >= 0.3 is 6.03 Å². The van der Waals surface area contributed by atoms with Crippen LogP contribution in [0, 0.1) is 0 Å². The first-order valence-corrected chi connectivity index (χ1v) is 6.22. The number of carbonyl (C=O) groups excluding carboxylic acids is 1. The maximum absolute atomic E-state index is 11.9. The Morgan fingerprint density at radius 3 is 2.33 bits per heavy atom. The molecular formula is C12H24N2O. The summed E-state index contributed by atoms with van der Waals surface area (Å²) < 4.78 is 0. The molecule has 0 bridgehead atoms. The van der Waals surface area contributed by atoms with Crippen LogP contribution >= 0.6 is 0 Å². The Kier molecular flexibility index (Phi) is 4.92. The summed E-state index contributed by atoms with van der Waals surface area (Å²) in [5, 5.41) is 3.11. The van der Waals surface area contributed by atoms with Crippen molar-refractivity contribution in [3.63, 3.8) is 0 Å². The maximum atomic E-state index is 11.9. The third-order valence-electron chi connectivity index (χ3n) is 3.49. The fourth-order valence-corrected chi connectivity index (χ4v) is 2.35. The monoisotopic (exact) mass is 212 g/mol. The molecule has 0 aromatic rings. The first kappa shape index (κ1) is 12.3. The van der Waals surface area contributed by atoms with Gasteiger partial charge in [-0.15, -0.1) is 0 Å². The van der Waals surface area contributed by atoms with Gasteiger partial charge in [-0.05, 0) is 25.7 Å². The molecule has 0 unspecified atom stereocenters. The topological polar surface area (TPSA) is 32.3 Å². The van der Waals surface area contributed by atoms with Crippen molar-refractivity contribution in [2.45, 2.75) is 64.5 Å². The largest absolute Gasteiger partial charge is 0.335 e. The van der Waals surface area contributed by atoms with Gasteiger partial charge in [0.25, 0.3) is 0 Å². The van der Waals surface area contributed by atoms with Gasteiger partial charge in [-0.25, -0.2) is 4.79 Å². The molecule has 0 aliphatic heterocycles. The summed E-state index contributed by atoms with van der Waals surface area (Å²) in [6.45, 7) is 4.26. The highest BCUT2D eigenvalue weighted by Crippen LogP contribution is 2.18. The van der Waals surface area contributed by atoms with E-state index < -0.39 is 0 Å². The zero-order valence-electron chi connectivity index (χ0n) is 10.3. The Labute approximate surface area is 93.2 Å². The average Bonchev–Trinajstić information content (AvgIpc) is 2.72. The van der Waals surface area contributed by atoms with Crippen LogP contribution in [0.4, 0.5) is 4.79 Å². The van der Waals surface area contributed by atoms with E-state index in [9.17, 15) is 4.79 Å². The van der Waals surface area contributed by atoms with Crippen LogP contribution in [0.2, 0.25) is 0 Å². The van der Waals surface area contributed by atoms with E-state index in [0.717, 1.165) is 25.7 Å². The first-order chi connectivity index (χ1) is 7.19. The van der Waals surface area contributed by atoms with Crippen molar-refractivity contribution in [2.75, 3.05) is 7.05 Å². The van der Waals surface area contributed by atoms with Crippen LogP contribution in [0.3, 0.4) is 0 Å². The van der Waals surface area contributed by atoms with Crippen LogP contribution in [0.25, 0.3) is 0 Å². The van der Waals surface area contributed by atoms with E-state index >= 15 is 0 Å². The second-order valence-corrected chi connectivity index (χ2v) is 4.51. The van der Waals surface area contributed by atoms with Gasteiger partial charge < -0.3 is 10.2 Å². The number of nitrogens with zero attached hydrogens (tertiary/aromatic N) is 1. The third-order valence-corrected chi connectivity index (χ3v) is 3.49. The van der Waals surface area contributed by atoms with Crippen LogP contribution < -0.4 is 5.32 Å². The number of hydrogen-bond donors (Lipinski definition) is 1. The minimum absolute atomic E-state index is 0.107. The Morgan fingerprint density at radius 1 is 1.33 bits per heavy atom. The molecule has 15 heavy (non-hydrogen) atoms. The van der Waals surface area contributed by atoms with E-state index in [1.54, 1.807) is 0 Å². The molecule has 0 heterocycles. The van der Waals surface area contributed by atoms with Crippen molar-refractivity contribution in [2.24, 2.45) is 0 Å². The Hall–Kier alpha value is -0.730. The molecule has 1 aliphatic carbocycles. The van der Waals surface area contributed by atoms with Gasteiger partial charge in [-0.3, -0.25) is 0 Å². The summed E-state index contributed by atoms with van der Waals surface area (Å²) in [7, 11) is 1.90. The molecule has 3 heteroatoms. The highest BCUT2D eigenvalue weighted by atomic mass is 16.2. The molecule has 0 radical (unpaired) electrons. The van der Waals surface area contributed by atoms with Gasteiger partial charge in [-0.2, -0.15) is 0 Å². The fraction of sp³-hybridized carbons (Fsp3) is 0.917. The van der Waals surface area contributed by atoms with E-state index in [-0.39, 0.29) is 6.03 Å². The molecule has 2 amide bonds. The SMILES string of the molecule is CCC(CC)N(C)C(=O)NC1CCCC1. The summed E-state index contributed by atoms with van der Waals surface area (Å²) in [5.41, 5.74) is 0. The standard InChI is InChI=1S/C12H24N2O/c1-4-11(5-2)14(3)12(15)13-10-8-6-7-9-10/h10-11H,4-9H2,1-3H3,(H,13,15).